The molecule has 35 heavy (non-hydrogen) atoms. The van der Waals surface area contributed by atoms with Gasteiger partial charge in [-0.05, 0) is 45.1 Å². The van der Waals surface area contributed by atoms with Gasteiger partial charge in [0.1, 0.15) is 6.61 Å². The van der Waals surface area contributed by atoms with Crippen LogP contribution in [-0.4, -0.2) is 43.3 Å². The molecular weight excluding hydrogens is 448 g/mol. The van der Waals surface area contributed by atoms with Crippen LogP contribution in [0.3, 0.4) is 0 Å². The lowest BCUT2D eigenvalue weighted by Gasteiger charge is -2.30. The summed E-state index contributed by atoms with van der Waals surface area (Å²) in [5, 5.41) is 2.82. The summed E-state index contributed by atoms with van der Waals surface area (Å²) in [4.78, 5) is 35.2. The Morgan fingerprint density at radius 3 is 1.97 bits per heavy atom. The summed E-state index contributed by atoms with van der Waals surface area (Å²) in [5.74, 6) is -0.642. The van der Waals surface area contributed by atoms with Crippen molar-refractivity contribution < 1.29 is 28.6 Å². The van der Waals surface area contributed by atoms with E-state index in [2.05, 4.69) is 5.32 Å². The first-order valence-electron chi connectivity index (χ1n) is 12.5. The molecule has 8 heteroatoms. The lowest BCUT2D eigenvalue weighted by atomic mass is 9.84. The van der Waals surface area contributed by atoms with Crippen LogP contribution in [0.25, 0.3) is 0 Å². The maximum Gasteiger partial charge on any atom is 0.407 e. The fourth-order valence-electron chi connectivity index (χ4n) is 4.45. The maximum atomic E-state index is 12.0. The van der Waals surface area contributed by atoms with Crippen molar-refractivity contribution in [2.75, 3.05) is 13.2 Å². The fourth-order valence-corrected chi connectivity index (χ4v) is 4.45. The summed E-state index contributed by atoms with van der Waals surface area (Å²) < 4.78 is 15.2. The number of ether oxygens (including phenoxy) is 3. The standard InChI is InChI=1S/C17H23NO4.C9H17NO2.CH4/c1-2-21-16(19)14-10-6-7-11-15(14)18-17(20)22-12-13-8-4-3-5-9-13;1-2-12-9(11)7-5-3-4-6-8(7)10;/h3-5,8-9,14-15H,2,6-7,10-12H2,1H3,(H,18,20);7-8H,2-6,10H2,1H3;1H4/t14-,15+;7-,8+;/m11./s1. The number of hydrogen-bond acceptors (Lipinski definition) is 7. The molecule has 2 aliphatic rings. The van der Waals surface area contributed by atoms with Gasteiger partial charge in [-0.3, -0.25) is 9.59 Å². The van der Waals surface area contributed by atoms with E-state index in [0.717, 1.165) is 56.9 Å². The van der Waals surface area contributed by atoms with Crippen LogP contribution in [0, 0.1) is 11.8 Å². The molecule has 0 heterocycles. The minimum Gasteiger partial charge on any atom is -0.466 e. The molecule has 0 saturated heterocycles. The van der Waals surface area contributed by atoms with Gasteiger partial charge in [0.05, 0.1) is 25.0 Å². The molecule has 3 N–H and O–H groups in total. The van der Waals surface area contributed by atoms with Gasteiger partial charge in [0.25, 0.3) is 0 Å². The van der Waals surface area contributed by atoms with Crippen LogP contribution in [0.2, 0.25) is 0 Å². The van der Waals surface area contributed by atoms with Gasteiger partial charge in [0.15, 0.2) is 0 Å². The zero-order valence-electron chi connectivity index (χ0n) is 20.5. The third-order valence-corrected chi connectivity index (χ3v) is 6.28. The first-order valence-corrected chi connectivity index (χ1v) is 12.5. The molecule has 2 fully saturated rings. The maximum absolute atomic E-state index is 12.0. The molecule has 3 rings (SSSR count). The third-order valence-electron chi connectivity index (χ3n) is 6.28. The Bertz CT molecular complexity index is 757. The van der Waals surface area contributed by atoms with Gasteiger partial charge in [-0.1, -0.05) is 63.4 Å². The molecule has 198 valence electrons. The van der Waals surface area contributed by atoms with Gasteiger partial charge in [0.2, 0.25) is 0 Å². The van der Waals surface area contributed by atoms with Gasteiger partial charge in [-0.25, -0.2) is 4.79 Å². The Balaban J connectivity index is 0.000000401. The Morgan fingerprint density at radius 1 is 0.829 bits per heavy atom. The molecule has 4 atom stereocenters. The average Bonchev–Trinajstić information content (AvgIpc) is 2.85. The first kappa shape index (κ1) is 30.4. The number of esters is 2. The van der Waals surface area contributed by atoms with Crippen LogP contribution in [0.15, 0.2) is 30.3 Å². The molecule has 0 aromatic heterocycles. The van der Waals surface area contributed by atoms with Gasteiger partial charge >= 0.3 is 18.0 Å². The molecule has 0 aliphatic heterocycles. The van der Waals surface area contributed by atoms with Crippen LogP contribution in [-0.2, 0) is 30.4 Å². The van der Waals surface area contributed by atoms with E-state index in [4.69, 9.17) is 19.9 Å². The predicted octanol–water partition coefficient (Wildman–Crippen LogP) is 4.74. The minimum absolute atomic E-state index is 0. The number of alkyl carbamates (subject to hydrolysis) is 1. The van der Waals surface area contributed by atoms with Gasteiger partial charge < -0.3 is 25.3 Å². The summed E-state index contributed by atoms with van der Waals surface area (Å²) in [6, 6.07) is 9.33. The van der Waals surface area contributed by atoms with Crippen LogP contribution in [0.4, 0.5) is 4.79 Å². The van der Waals surface area contributed by atoms with E-state index in [1.54, 1.807) is 6.92 Å². The van der Waals surface area contributed by atoms with Crippen molar-refractivity contribution in [1.82, 2.24) is 5.32 Å². The number of hydrogen-bond donors (Lipinski definition) is 2. The highest BCUT2D eigenvalue weighted by molar-refractivity contribution is 5.75. The number of carbonyl (C=O) groups is 3. The second-order valence-electron chi connectivity index (χ2n) is 8.76. The highest BCUT2D eigenvalue weighted by atomic mass is 16.6. The Hall–Kier alpha value is -2.61. The molecule has 1 amide bonds. The Kier molecular flexibility index (Phi) is 14.7. The summed E-state index contributed by atoms with van der Waals surface area (Å²) >= 11 is 0. The molecule has 0 spiro atoms. The summed E-state index contributed by atoms with van der Waals surface area (Å²) in [6.45, 7) is 4.66. The molecule has 2 saturated carbocycles. The monoisotopic (exact) mass is 492 g/mol. The fraction of sp³-hybridized carbons (Fsp3) is 0.667. The van der Waals surface area contributed by atoms with E-state index in [-0.39, 0.29) is 49.9 Å². The van der Waals surface area contributed by atoms with Crippen molar-refractivity contribution in [2.45, 2.75) is 91.3 Å². The molecular formula is C27H44N2O6. The second kappa shape index (κ2) is 16.9. The minimum atomic E-state index is -0.481. The smallest absolute Gasteiger partial charge is 0.407 e. The number of amides is 1. The number of nitrogens with two attached hydrogens (primary N) is 1. The van der Waals surface area contributed by atoms with Crippen molar-refractivity contribution >= 4 is 18.0 Å². The normalized spacial score (nSPS) is 23.4. The molecule has 1 aromatic carbocycles. The zero-order valence-corrected chi connectivity index (χ0v) is 20.5. The van der Waals surface area contributed by atoms with Crippen LogP contribution < -0.4 is 11.1 Å². The van der Waals surface area contributed by atoms with Crippen LogP contribution in [0.5, 0.6) is 0 Å². The van der Waals surface area contributed by atoms with Crippen molar-refractivity contribution in [3.63, 3.8) is 0 Å². The van der Waals surface area contributed by atoms with Crippen molar-refractivity contribution in [3.8, 4) is 0 Å². The summed E-state index contributed by atoms with van der Waals surface area (Å²) in [5.41, 5.74) is 6.74. The summed E-state index contributed by atoms with van der Waals surface area (Å²) in [6.07, 6.45) is 7.16. The van der Waals surface area contributed by atoms with E-state index in [0.29, 0.717) is 13.2 Å². The molecule has 0 radical (unpaired) electrons. The van der Waals surface area contributed by atoms with Gasteiger partial charge in [0, 0.05) is 12.1 Å². The average molecular weight is 493 g/mol. The van der Waals surface area contributed by atoms with Crippen molar-refractivity contribution in [2.24, 2.45) is 17.6 Å². The quantitative estimate of drug-likeness (QED) is 0.417. The predicted molar refractivity (Wildman–Crippen MR) is 135 cm³/mol. The molecule has 8 nitrogen and oxygen atoms in total. The molecule has 2 aliphatic carbocycles. The van der Waals surface area contributed by atoms with Crippen LogP contribution >= 0.6 is 0 Å². The van der Waals surface area contributed by atoms with E-state index < -0.39 is 6.09 Å². The van der Waals surface area contributed by atoms with Crippen molar-refractivity contribution in [1.29, 1.82) is 0 Å². The third kappa shape index (κ3) is 10.7. The van der Waals surface area contributed by atoms with Crippen molar-refractivity contribution in [3.05, 3.63) is 35.9 Å². The highest BCUT2D eigenvalue weighted by Crippen LogP contribution is 2.26. The SMILES string of the molecule is C.CCOC(=O)[C@@H]1CCCC[C@@H]1N.CCOC(=O)[C@@H]1CCCC[C@@H]1NC(=O)OCc1ccccc1. The number of carbonyl (C=O) groups excluding carboxylic acids is 3. The summed E-state index contributed by atoms with van der Waals surface area (Å²) in [7, 11) is 0. The van der Waals surface area contributed by atoms with E-state index in [9.17, 15) is 14.4 Å². The Labute approximate surface area is 210 Å². The lowest BCUT2D eigenvalue weighted by Crippen LogP contribution is -2.45. The lowest BCUT2D eigenvalue weighted by molar-refractivity contribution is -0.150. The van der Waals surface area contributed by atoms with E-state index >= 15 is 0 Å². The largest absolute Gasteiger partial charge is 0.466 e. The van der Waals surface area contributed by atoms with Gasteiger partial charge in [-0.15, -0.1) is 0 Å². The van der Waals surface area contributed by atoms with E-state index in [1.165, 1.54) is 0 Å². The number of rotatable bonds is 7. The zero-order chi connectivity index (χ0) is 24.8. The van der Waals surface area contributed by atoms with Gasteiger partial charge in [-0.2, -0.15) is 0 Å². The second-order valence-corrected chi connectivity index (χ2v) is 8.76. The molecule has 1 aromatic rings. The van der Waals surface area contributed by atoms with E-state index in [1.807, 2.05) is 37.3 Å². The number of nitrogens with one attached hydrogen (secondary N) is 1. The molecule has 0 bridgehead atoms. The number of benzene rings is 1. The topological polar surface area (TPSA) is 117 Å². The Morgan fingerprint density at radius 2 is 1.37 bits per heavy atom. The van der Waals surface area contributed by atoms with Crippen LogP contribution in [0.1, 0.15) is 78.2 Å². The first-order chi connectivity index (χ1) is 16.5. The molecule has 0 unspecified atom stereocenters. The highest BCUT2D eigenvalue weighted by Gasteiger charge is 2.33.